The molecule has 5 nitrogen and oxygen atoms in total. The molecular formula is C25H34N2O3S. The van der Waals surface area contributed by atoms with Crippen molar-refractivity contribution in [2.24, 2.45) is 0 Å². The molecular weight excluding hydrogens is 408 g/mol. The summed E-state index contributed by atoms with van der Waals surface area (Å²) in [6.45, 7) is 9.07. The van der Waals surface area contributed by atoms with Crippen LogP contribution in [0.3, 0.4) is 0 Å². The zero-order chi connectivity index (χ0) is 22.6. The average molecular weight is 443 g/mol. The molecule has 1 fully saturated rings. The van der Waals surface area contributed by atoms with E-state index in [1.807, 2.05) is 69.0 Å². The van der Waals surface area contributed by atoms with Crippen molar-refractivity contribution in [1.82, 2.24) is 9.21 Å². The molecule has 0 saturated carbocycles. The van der Waals surface area contributed by atoms with Gasteiger partial charge in [0.1, 0.15) is 0 Å². The molecule has 1 aliphatic heterocycles. The fraction of sp³-hybridized carbons (Fsp3) is 0.480. The first-order valence-electron chi connectivity index (χ1n) is 11.1. The third-order valence-corrected chi connectivity index (χ3v) is 8.05. The Bertz CT molecular complexity index is 998. The predicted molar refractivity (Wildman–Crippen MR) is 124 cm³/mol. The minimum atomic E-state index is -3.84. The standard InChI is InChI=1S/C25H34N2O3S/c1-19-9-11-23(12-10-19)17-27(18-24(28)26-13-7-5-6-8-14-26)31(29,30)25-21(3)15-20(2)16-22(25)4/h9-12,15-16H,5-8,13-14,17-18H2,1-4H3. The molecule has 168 valence electrons. The molecule has 31 heavy (non-hydrogen) atoms. The third-order valence-electron chi connectivity index (χ3n) is 5.95. The fourth-order valence-corrected chi connectivity index (χ4v) is 6.19. The van der Waals surface area contributed by atoms with Crippen LogP contribution in [-0.4, -0.2) is 43.2 Å². The van der Waals surface area contributed by atoms with Gasteiger partial charge in [-0.05, 0) is 57.2 Å². The maximum atomic E-state index is 13.8. The molecule has 1 saturated heterocycles. The van der Waals surface area contributed by atoms with Crippen molar-refractivity contribution in [3.63, 3.8) is 0 Å². The summed E-state index contributed by atoms with van der Waals surface area (Å²) in [4.78, 5) is 15.3. The summed E-state index contributed by atoms with van der Waals surface area (Å²) in [7, 11) is -3.84. The van der Waals surface area contributed by atoms with Crippen LogP contribution in [0, 0.1) is 27.7 Å². The number of benzene rings is 2. The minimum Gasteiger partial charge on any atom is -0.342 e. The summed E-state index contributed by atoms with van der Waals surface area (Å²) >= 11 is 0. The Morgan fingerprint density at radius 2 is 1.42 bits per heavy atom. The average Bonchev–Trinajstić information content (AvgIpc) is 2.97. The lowest BCUT2D eigenvalue weighted by Gasteiger charge is -2.27. The van der Waals surface area contributed by atoms with Crippen LogP contribution in [0.15, 0.2) is 41.3 Å². The SMILES string of the molecule is Cc1ccc(CN(CC(=O)N2CCCCCC2)S(=O)(=O)c2c(C)cc(C)cc2C)cc1. The molecule has 3 rings (SSSR count). The van der Waals surface area contributed by atoms with Crippen LogP contribution in [0.4, 0.5) is 0 Å². The number of hydrogen-bond donors (Lipinski definition) is 0. The number of rotatable bonds is 6. The van der Waals surface area contributed by atoms with Crippen LogP contribution in [0.25, 0.3) is 0 Å². The molecule has 0 bridgehead atoms. The summed E-state index contributed by atoms with van der Waals surface area (Å²) in [5.74, 6) is -0.111. The lowest BCUT2D eigenvalue weighted by molar-refractivity contribution is -0.131. The maximum Gasteiger partial charge on any atom is 0.244 e. The molecule has 0 atom stereocenters. The maximum absolute atomic E-state index is 13.8. The first-order chi connectivity index (χ1) is 14.7. The van der Waals surface area contributed by atoms with Gasteiger partial charge >= 0.3 is 0 Å². The van der Waals surface area contributed by atoms with Crippen molar-refractivity contribution in [3.05, 3.63) is 64.2 Å². The van der Waals surface area contributed by atoms with Crippen molar-refractivity contribution in [3.8, 4) is 0 Å². The van der Waals surface area contributed by atoms with Crippen molar-refractivity contribution in [2.75, 3.05) is 19.6 Å². The van der Waals surface area contributed by atoms with Crippen LogP contribution in [0.1, 0.15) is 53.5 Å². The van der Waals surface area contributed by atoms with Crippen LogP contribution in [-0.2, 0) is 21.4 Å². The van der Waals surface area contributed by atoms with E-state index in [-0.39, 0.29) is 19.0 Å². The molecule has 1 amide bonds. The molecule has 0 radical (unpaired) electrons. The van der Waals surface area contributed by atoms with Crippen molar-refractivity contribution in [2.45, 2.75) is 64.8 Å². The number of aryl methyl sites for hydroxylation is 4. The van der Waals surface area contributed by atoms with E-state index in [0.29, 0.717) is 29.1 Å². The van der Waals surface area contributed by atoms with Gasteiger partial charge in [0.05, 0.1) is 11.4 Å². The van der Waals surface area contributed by atoms with Gasteiger partial charge in [-0.1, -0.05) is 60.4 Å². The van der Waals surface area contributed by atoms with Gasteiger partial charge in [0.2, 0.25) is 15.9 Å². The Hall–Kier alpha value is -2.18. The zero-order valence-electron chi connectivity index (χ0n) is 19.1. The number of amides is 1. The molecule has 1 aliphatic rings. The molecule has 0 aromatic heterocycles. The summed E-state index contributed by atoms with van der Waals surface area (Å²) in [6.07, 6.45) is 4.20. The molecule has 0 unspecified atom stereocenters. The Kier molecular flexibility index (Phi) is 7.55. The van der Waals surface area contributed by atoms with Crippen molar-refractivity contribution >= 4 is 15.9 Å². The summed E-state index contributed by atoms with van der Waals surface area (Å²) in [6, 6.07) is 11.6. The Morgan fingerprint density at radius 3 is 1.97 bits per heavy atom. The first-order valence-corrected chi connectivity index (χ1v) is 12.5. The van der Waals surface area contributed by atoms with Gasteiger partial charge in [0.25, 0.3) is 0 Å². The number of carbonyl (C=O) groups excluding carboxylic acids is 1. The van der Waals surface area contributed by atoms with Crippen LogP contribution >= 0.6 is 0 Å². The fourth-order valence-electron chi connectivity index (χ4n) is 4.40. The Balaban J connectivity index is 1.96. The van der Waals surface area contributed by atoms with E-state index >= 15 is 0 Å². The third kappa shape index (κ3) is 5.74. The molecule has 2 aromatic carbocycles. The van der Waals surface area contributed by atoms with Crippen LogP contribution in [0.2, 0.25) is 0 Å². The number of likely N-dealkylation sites (tertiary alicyclic amines) is 1. The quantitative estimate of drug-likeness (QED) is 0.661. The monoisotopic (exact) mass is 442 g/mol. The number of sulfonamides is 1. The molecule has 0 aliphatic carbocycles. The molecule has 0 N–H and O–H groups in total. The van der Waals surface area contributed by atoms with E-state index in [1.54, 1.807) is 0 Å². The highest BCUT2D eigenvalue weighted by Gasteiger charge is 2.31. The van der Waals surface area contributed by atoms with Gasteiger partial charge in [-0.2, -0.15) is 4.31 Å². The van der Waals surface area contributed by atoms with E-state index in [0.717, 1.165) is 42.4 Å². The van der Waals surface area contributed by atoms with Crippen LogP contribution < -0.4 is 0 Å². The summed E-state index contributed by atoms with van der Waals surface area (Å²) in [5.41, 5.74) is 4.45. The van der Waals surface area contributed by atoms with E-state index in [9.17, 15) is 13.2 Å². The zero-order valence-corrected chi connectivity index (χ0v) is 20.0. The second kappa shape index (κ2) is 9.96. The highest BCUT2D eigenvalue weighted by Crippen LogP contribution is 2.27. The highest BCUT2D eigenvalue weighted by atomic mass is 32.2. The second-order valence-electron chi connectivity index (χ2n) is 8.78. The smallest absolute Gasteiger partial charge is 0.244 e. The van der Waals surface area contributed by atoms with Crippen LogP contribution in [0.5, 0.6) is 0 Å². The van der Waals surface area contributed by atoms with E-state index in [2.05, 4.69) is 0 Å². The van der Waals surface area contributed by atoms with Crippen molar-refractivity contribution in [1.29, 1.82) is 0 Å². The predicted octanol–water partition coefficient (Wildman–Crippen LogP) is 4.51. The largest absolute Gasteiger partial charge is 0.342 e. The number of carbonyl (C=O) groups is 1. The van der Waals surface area contributed by atoms with E-state index in [4.69, 9.17) is 0 Å². The highest BCUT2D eigenvalue weighted by molar-refractivity contribution is 7.89. The lowest BCUT2D eigenvalue weighted by atomic mass is 10.1. The van der Waals surface area contributed by atoms with Gasteiger partial charge in [-0.15, -0.1) is 0 Å². The van der Waals surface area contributed by atoms with E-state index < -0.39 is 10.0 Å². The van der Waals surface area contributed by atoms with Gasteiger partial charge in [-0.25, -0.2) is 8.42 Å². The number of hydrogen-bond acceptors (Lipinski definition) is 3. The second-order valence-corrected chi connectivity index (χ2v) is 10.7. The van der Waals surface area contributed by atoms with Gasteiger partial charge < -0.3 is 4.90 Å². The van der Waals surface area contributed by atoms with Crippen molar-refractivity contribution < 1.29 is 13.2 Å². The van der Waals surface area contributed by atoms with E-state index in [1.165, 1.54) is 4.31 Å². The summed E-state index contributed by atoms with van der Waals surface area (Å²) < 4.78 is 29.0. The Morgan fingerprint density at radius 1 is 0.871 bits per heavy atom. The number of nitrogens with zero attached hydrogens (tertiary/aromatic N) is 2. The topological polar surface area (TPSA) is 57.7 Å². The first kappa shape index (κ1) is 23.5. The molecule has 0 spiro atoms. The van der Waals surface area contributed by atoms with Gasteiger partial charge in [0, 0.05) is 19.6 Å². The van der Waals surface area contributed by atoms with Gasteiger partial charge in [-0.3, -0.25) is 4.79 Å². The van der Waals surface area contributed by atoms with Gasteiger partial charge in [0.15, 0.2) is 0 Å². The summed E-state index contributed by atoms with van der Waals surface area (Å²) in [5, 5.41) is 0. The molecule has 6 heteroatoms. The molecule has 1 heterocycles. The molecule has 2 aromatic rings. The lowest BCUT2D eigenvalue weighted by Crippen LogP contribution is -2.43. The Labute approximate surface area is 187 Å². The minimum absolute atomic E-state index is 0.111. The normalized spacial score (nSPS) is 15.2.